The van der Waals surface area contributed by atoms with Crippen molar-refractivity contribution in [1.29, 1.82) is 0 Å². The number of carbonyl (C=O) groups is 1. The van der Waals surface area contributed by atoms with Gasteiger partial charge in [-0.2, -0.15) is 0 Å². The molecule has 0 atom stereocenters. The molecule has 0 aliphatic carbocycles. The normalized spacial score (nSPS) is 10.8. The molecule has 3 aromatic rings. The molecule has 0 aliphatic rings. The second-order valence-electron chi connectivity index (χ2n) is 4.32. The molecule has 0 unspecified atom stereocenters. The van der Waals surface area contributed by atoms with E-state index in [0.717, 1.165) is 0 Å². The largest absolute Gasteiger partial charge is 0.345 e. The monoisotopic (exact) mass is 348 g/mol. The highest BCUT2D eigenvalue weighted by molar-refractivity contribution is 9.10. The van der Waals surface area contributed by atoms with Crippen LogP contribution in [0.3, 0.4) is 0 Å². The van der Waals surface area contributed by atoms with Gasteiger partial charge in [0.1, 0.15) is 5.82 Å². The standard InChI is InChI=1S/C14H10BrFN4O/c15-9-4-3-5-10(16)13(9)14(21)17-8-12-19-18-11-6-1-2-7-20(11)12/h1-7H,8H2,(H,17,21). The summed E-state index contributed by atoms with van der Waals surface area (Å²) in [6, 6.07) is 9.89. The molecular formula is C14H10BrFN4O. The van der Waals surface area contributed by atoms with Crippen molar-refractivity contribution >= 4 is 27.5 Å². The average Bonchev–Trinajstić information content (AvgIpc) is 2.88. The number of pyridine rings is 1. The maximum absolute atomic E-state index is 13.7. The first kappa shape index (κ1) is 13.7. The van der Waals surface area contributed by atoms with Crippen molar-refractivity contribution in [3.63, 3.8) is 0 Å². The first-order valence-corrected chi connectivity index (χ1v) is 6.97. The van der Waals surface area contributed by atoms with Gasteiger partial charge in [0.2, 0.25) is 0 Å². The summed E-state index contributed by atoms with van der Waals surface area (Å²) < 4.78 is 15.9. The van der Waals surface area contributed by atoms with Crippen molar-refractivity contribution < 1.29 is 9.18 Å². The van der Waals surface area contributed by atoms with E-state index in [1.54, 1.807) is 16.7 Å². The Hall–Kier alpha value is -2.28. The van der Waals surface area contributed by atoms with Crippen LogP contribution in [0.15, 0.2) is 47.1 Å². The number of aromatic nitrogens is 3. The van der Waals surface area contributed by atoms with E-state index in [1.165, 1.54) is 12.1 Å². The van der Waals surface area contributed by atoms with Crippen LogP contribution in [0.2, 0.25) is 0 Å². The van der Waals surface area contributed by atoms with E-state index in [-0.39, 0.29) is 12.1 Å². The van der Waals surface area contributed by atoms with Crippen molar-refractivity contribution in [1.82, 2.24) is 19.9 Å². The van der Waals surface area contributed by atoms with Crippen LogP contribution in [-0.2, 0) is 6.54 Å². The fourth-order valence-electron chi connectivity index (χ4n) is 1.97. The highest BCUT2D eigenvalue weighted by Crippen LogP contribution is 2.19. The van der Waals surface area contributed by atoms with E-state index in [9.17, 15) is 9.18 Å². The first-order valence-electron chi connectivity index (χ1n) is 6.17. The summed E-state index contributed by atoms with van der Waals surface area (Å²) in [7, 11) is 0. The number of halogens is 2. The second kappa shape index (κ2) is 5.61. The zero-order valence-electron chi connectivity index (χ0n) is 10.8. The predicted molar refractivity (Wildman–Crippen MR) is 78.3 cm³/mol. The van der Waals surface area contributed by atoms with Gasteiger partial charge in [-0.1, -0.05) is 12.1 Å². The minimum absolute atomic E-state index is 0.0219. The van der Waals surface area contributed by atoms with Crippen LogP contribution in [0, 0.1) is 5.82 Å². The Morgan fingerprint density at radius 3 is 2.90 bits per heavy atom. The van der Waals surface area contributed by atoms with Crippen LogP contribution in [0.5, 0.6) is 0 Å². The van der Waals surface area contributed by atoms with Crippen molar-refractivity contribution in [3.05, 3.63) is 64.3 Å². The third kappa shape index (κ3) is 2.64. The minimum atomic E-state index is -0.576. The van der Waals surface area contributed by atoms with E-state index in [2.05, 4.69) is 31.4 Å². The Labute approximate surface area is 127 Å². The molecule has 1 N–H and O–H groups in total. The van der Waals surface area contributed by atoms with Gasteiger partial charge in [-0.05, 0) is 40.2 Å². The maximum Gasteiger partial charge on any atom is 0.255 e. The fraction of sp³-hybridized carbons (Fsp3) is 0.0714. The molecule has 0 saturated carbocycles. The molecule has 7 heteroatoms. The molecule has 106 valence electrons. The number of rotatable bonds is 3. The highest BCUT2D eigenvalue weighted by atomic mass is 79.9. The lowest BCUT2D eigenvalue weighted by molar-refractivity contribution is 0.0945. The molecule has 5 nitrogen and oxygen atoms in total. The zero-order chi connectivity index (χ0) is 14.8. The van der Waals surface area contributed by atoms with Crippen molar-refractivity contribution in [2.75, 3.05) is 0 Å². The summed E-state index contributed by atoms with van der Waals surface area (Å²) in [4.78, 5) is 12.1. The molecule has 1 amide bonds. The Kier molecular flexibility index (Phi) is 3.66. The summed E-state index contributed by atoms with van der Waals surface area (Å²) in [6.07, 6.45) is 1.80. The van der Waals surface area contributed by atoms with Gasteiger partial charge in [0.15, 0.2) is 11.5 Å². The lowest BCUT2D eigenvalue weighted by atomic mass is 10.2. The molecule has 3 rings (SSSR count). The third-order valence-electron chi connectivity index (χ3n) is 2.98. The van der Waals surface area contributed by atoms with Crippen molar-refractivity contribution in [2.45, 2.75) is 6.54 Å². The molecule has 0 radical (unpaired) electrons. The van der Waals surface area contributed by atoms with Gasteiger partial charge in [-0.3, -0.25) is 9.20 Å². The van der Waals surface area contributed by atoms with E-state index in [1.807, 2.05) is 18.2 Å². The second-order valence-corrected chi connectivity index (χ2v) is 5.18. The van der Waals surface area contributed by atoms with Gasteiger partial charge in [-0.15, -0.1) is 10.2 Å². The Balaban J connectivity index is 1.80. The molecule has 0 bridgehead atoms. The van der Waals surface area contributed by atoms with Crippen LogP contribution in [0.4, 0.5) is 4.39 Å². The van der Waals surface area contributed by atoms with Gasteiger partial charge < -0.3 is 5.32 Å². The topological polar surface area (TPSA) is 59.3 Å². The fourth-order valence-corrected chi connectivity index (χ4v) is 2.50. The van der Waals surface area contributed by atoms with Gasteiger partial charge in [-0.25, -0.2) is 4.39 Å². The number of nitrogens with zero attached hydrogens (tertiary/aromatic N) is 3. The Morgan fingerprint density at radius 1 is 1.24 bits per heavy atom. The number of fused-ring (bicyclic) bond motifs is 1. The van der Waals surface area contributed by atoms with Gasteiger partial charge >= 0.3 is 0 Å². The molecule has 0 saturated heterocycles. The van der Waals surface area contributed by atoms with Crippen LogP contribution >= 0.6 is 15.9 Å². The smallest absolute Gasteiger partial charge is 0.255 e. The number of nitrogens with one attached hydrogen (secondary N) is 1. The summed E-state index contributed by atoms with van der Waals surface area (Å²) in [5.41, 5.74) is 0.667. The van der Waals surface area contributed by atoms with Gasteiger partial charge in [0.05, 0.1) is 12.1 Å². The Bertz CT molecular complexity index is 797. The predicted octanol–water partition coefficient (Wildman–Crippen LogP) is 2.56. The summed E-state index contributed by atoms with van der Waals surface area (Å²) in [5, 5.41) is 10.6. The molecule has 21 heavy (non-hydrogen) atoms. The van der Waals surface area contributed by atoms with E-state index in [0.29, 0.717) is 15.9 Å². The van der Waals surface area contributed by atoms with Crippen molar-refractivity contribution in [2.24, 2.45) is 0 Å². The van der Waals surface area contributed by atoms with E-state index < -0.39 is 11.7 Å². The lowest BCUT2D eigenvalue weighted by Gasteiger charge is -2.07. The average molecular weight is 349 g/mol. The number of hydrogen-bond donors (Lipinski definition) is 1. The SMILES string of the molecule is O=C(NCc1nnc2ccccn12)c1c(F)cccc1Br. The summed E-state index contributed by atoms with van der Waals surface area (Å²) >= 11 is 3.17. The first-order chi connectivity index (χ1) is 10.2. The molecule has 0 aliphatic heterocycles. The maximum atomic E-state index is 13.7. The number of carbonyl (C=O) groups excluding carboxylic acids is 1. The minimum Gasteiger partial charge on any atom is -0.345 e. The van der Waals surface area contributed by atoms with Crippen molar-refractivity contribution in [3.8, 4) is 0 Å². The lowest BCUT2D eigenvalue weighted by Crippen LogP contribution is -2.25. The van der Waals surface area contributed by atoms with Gasteiger partial charge in [0, 0.05) is 10.7 Å². The molecule has 0 spiro atoms. The van der Waals surface area contributed by atoms with E-state index >= 15 is 0 Å². The Morgan fingerprint density at radius 2 is 2.10 bits per heavy atom. The zero-order valence-corrected chi connectivity index (χ0v) is 12.3. The number of hydrogen-bond acceptors (Lipinski definition) is 3. The van der Waals surface area contributed by atoms with Gasteiger partial charge in [0.25, 0.3) is 5.91 Å². The quantitative estimate of drug-likeness (QED) is 0.791. The summed E-state index contributed by atoms with van der Waals surface area (Å²) in [6.45, 7) is 0.158. The molecular weight excluding hydrogens is 339 g/mol. The molecule has 0 fully saturated rings. The third-order valence-corrected chi connectivity index (χ3v) is 3.64. The molecule has 2 aromatic heterocycles. The van der Waals surface area contributed by atoms with E-state index in [4.69, 9.17) is 0 Å². The number of benzene rings is 1. The molecule has 1 aromatic carbocycles. The highest BCUT2D eigenvalue weighted by Gasteiger charge is 2.16. The number of amides is 1. The van der Waals surface area contributed by atoms with Crippen LogP contribution in [0.25, 0.3) is 5.65 Å². The molecule has 2 heterocycles. The van der Waals surface area contributed by atoms with Crippen LogP contribution in [-0.4, -0.2) is 20.5 Å². The summed E-state index contributed by atoms with van der Waals surface area (Å²) in [5.74, 6) is -0.507. The van der Waals surface area contributed by atoms with Crippen LogP contribution in [0.1, 0.15) is 16.2 Å². The van der Waals surface area contributed by atoms with Crippen LogP contribution < -0.4 is 5.32 Å².